The van der Waals surface area contributed by atoms with Crippen molar-refractivity contribution in [3.05, 3.63) is 35.4 Å². The maximum Gasteiger partial charge on any atom is 0.335 e. The van der Waals surface area contributed by atoms with Crippen molar-refractivity contribution in [3.8, 4) is 6.07 Å². The summed E-state index contributed by atoms with van der Waals surface area (Å²) in [5.74, 6) is -0.318. The highest BCUT2D eigenvalue weighted by Crippen LogP contribution is 2.38. The van der Waals surface area contributed by atoms with Gasteiger partial charge in [0.1, 0.15) is 0 Å². The van der Waals surface area contributed by atoms with Crippen LogP contribution in [0.25, 0.3) is 0 Å². The molecule has 1 aromatic carbocycles. The van der Waals surface area contributed by atoms with Crippen LogP contribution in [0.5, 0.6) is 0 Å². The topological polar surface area (TPSA) is 61.1 Å². The second kappa shape index (κ2) is 4.36. The van der Waals surface area contributed by atoms with E-state index in [0.717, 1.165) is 12.0 Å². The van der Waals surface area contributed by atoms with E-state index in [1.54, 1.807) is 24.3 Å². The van der Waals surface area contributed by atoms with Crippen LogP contribution in [0.1, 0.15) is 41.1 Å². The molecule has 1 aliphatic carbocycles. The molecule has 0 saturated heterocycles. The summed E-state index contributed by atoms with van der Waals surface area (Å²) in [5.41, 5.74) is 1.20. The van der Waals surface area contributed by atoms with Crippen LogP contribution in [0.4, 0.5) is 0 Å². The molecule has 1 atom stereocenters. The van der Waals surface area contributed by atoms with Crippen LogP contribution in [0.15, 0.2) is 24.3 Å². The molecule has 1 aromatic rings. The summed E-state index contributed by atoms with van der Waals surface area (Å²) in [6.07, 6.45) is 3.36. The lowest BCUT2D eigenvalue weighted by Crippen LogP contribution is -2.00. The monoisotopic (exact) mass is 215 g/mol. The van der Waals surface area contributed by atoms with E-state index in [9.17, 15) is 4.79 Å². The van der Waals surface area contributed by atoms with Gasteiger partial charge in [-0.3, -0.25) is 0 Å². The zero-order valence-corrected chi connectivity index (χ0v) is 8.89. The molecule has 3 heteroatoms. The molecule has 1 fully saturated rings. The molecule has 0 bridgehead atoms. The Bertz CT molecular complexity index is 426. The number of carboxylic acids is 1. The summed E-state index contributed by atoms with van der Waals surface area (Å²) in [4.78, 5) is 10.7. The van der Waals surface area contributed by atoms with E-state index < -0.39 is 5.97 Å². The molecule has 0 heterocycles. The average Bonchev–Trinajstić information content (AvgIpc) is 3.10. The maximum atomic E-state index is 10.7. The van der Waals surface area contributed by atoms with Crippen LogP contribution in [0.2, 0.25) is 0 Å². The predicted octanol–water partition coefficient (Wildman–Crippen LogP) is 2.79. The predicted molar refractivity (Wildman–Crippen MR) is 59.1 cm³/mol. The van der Waals surface area contributed by atoms with Gasteiger partial charge in [0.05, 0.1) is 17.6 Å². The second-order valence-electron chi connectivity index (χ2n) is 4.29. The standard InChI is InChI=1S/C13H13NO2/c14-8-12(7-9-1-2-9)10-3-5-11(6-4-10)13(15)16/h3-6,9,12H,1-2,7H2,(H,15,16). The van der Waals surface area contributed by atoms with E-state index >= 15 is 0 Å². The largest absolute Gasteiger partial charge is 0.478 e. The zero-order chi connectivity index (χ0) is 11.5. The molecule has 82 valence electrons. The smallest absolute Gasteiger partial charge is 0.335 e. The summed E-state index contributed by atoms with van der Waals surface area (Å²) in [6, 6.07) is 8.92. The first kappa shape index (κ1) is 10.7. The van der Waals surface area contributed by atoms with Crippen LogP contribution < -0.4 is 0 Å². The van der Waals surface area contributed by atoms with Gasteiger partial charge >= 0.3 is 5.97 Å². The summed E-state index contributed by atoms with van der Waals surface area (Å²) >= 11 is 0. The molecular formula is C13H13NO2. The zero-order valence-electron chi connectivity index (χ0n) is 8.89. The Morgan fingerprint density at radius 1 is 1.44 bits per heavy atom. The van der Waals surface area contributed by atoms with Crippen LogP contribution in [0, 0.1) is 17.2 Å². The minimum Gasteiger partial charge on any atom is -0.478 e. The SMILES string of the molecule is N#CC(CC1CC1)c1ccc(C(=O)O)cc1. The van der Waals surface area contributed by atoms with Crippen molar-refractivity contribution in [2.45, 2.75) is 25.2 Å². The fourth-order valence-corrected chi connectivity index (χ4v) is 1.81. The summed E-state index contributed by atoms with van der Waals surface area (Å²) in [6.45, 7) is 0. The highest BCUT2D eigenvalue weighted by molar-refractivity contribution is 5.87. The minimum absolute atomic E-state index is 0.0876. The number of aromatic carboxylic acids is 1. The summed E-state index contributed by atoms with van der Waals surface area (Å²) in [7, 11) is 0. The van der Waals surface area contributed by atoms with Crippen LogP contribution in [-0.2, 0) is 0 Å². The Labute approximate surface area is 94.3 Å². The van der Waals surface area contributed by atoms with Gasteiger partial charge in [0, 0.05) is 0 Å². The third-order valence-corrected chi connectivity index (χ3v) is 2.98. The van der Waals surface area contributed by atoms with Crippen molar-refractivity contribution in [2.24, 2.45) is 5.92 Å². The van der Waals surface area contributed by atoms with Gasteiger partial charge < -0.3 is 5.11 Å². The Hall–Kier alpha value is -1.82. The Kier molecular flexibility index (Phi) is 2.91. The van der Waals surface area contributed by atoms with Crippen molar-refractivity contribution >= 4 is 5.97 Å². The van der Waals surface area contributed by atoms with Crippen LogP contribution in [-0.4, -0.2) is 11.1 Å². The maximum absolute atomic E-state index is 10.7. The van der Waals surface area contributed by atoms with Crippen molar-refractivity contribution in [3.63, 3.8) is 0 Å². The molecule has 3 nitrogen and oxygen atoms in total. The average molecular weight is 215 g/mol. The lowest BCUT2D eigenvalue weighted by atomic mass is 9.94. The van der Waals surface area contributed by atoms with E-state index in [0.29, 0.717) is 5.92 Å². The van der Waals surface area contributed by atoms with Gasteiger partial charge in [-0.25, -0.2) is 4.79 Å². The van der Waals surface area contributed by atoms with Crippen molar-refractivity contribution in [1.82, 2.24) is 0 Å². The lowest BCUT2D eigenvalue weighted by molar-refractivity contribution is 0.0697. The molecule has 0 spiro atoms. The highest BCUT2D eigenvalue weighted by Gasteiger charge is 2.26. The number of hydrogen-bond acceptors (Lipinski definition) is 2. The molecular weight excluding hydrogens is 202 g/mol. The molecule has 1 saturated carbocycles. The first-order valence-electron chi connectivity index (χ1n) is 5.43. The van der Waals surface area contributed by atoms with Crippen molar-refractivity contribution in [1.29, 1.82) is 5.26 Å². The van der Waals surface area contributed by atoms with Gasteiger partial charge in [0.25, 0.3) is 0 Å². The third kappa shape index (κ3) is 2.40. The van der Waals surface area contributed by atoms with E-state index in [1.807, 2.05) is 0 Å². The van der Waals surface area contributed by atoms with E-state index in [2.05, 4.69) is 6.07 Å². The first-order chi connectivity index (χ1) is 7.70. The van der Waals surface area contributed by atoms with Crippen molar-refractivity contribution < 1.29 is 9.90 Å². The first-order valence-corrected chi connectivity index (χ1v) is 5.43. The third-order valence-electron chi connectivity index (χ3n) is 2.98. The van der Waals surface area contributed by atoms with Gasteiger partial charge in [-0.05, 0) is 30.0 Å². The van der Waals surface area contributed by atoms with Crippen molar-refractivity contribution in [2.75, 3.05) is 0 Å². The van der Waals surface area contributed by atoms with Gasteiger partial charge in [0.15, 0.2) is 0 Å². The number of nitriles is 1. The van der Waals surface area contributed by atoms with Crippen LogP contribution in [0.3, 0.4) is 0 Å². The number of hydrogen-bond donors (Lipinski definition) is 1. The van der Waals surface area contributed by atoms with Crippen LogP contribution >= 0.6 is 0 Å². The van der Waals surface area contributed by atoms with Gasteiger partial charge in [0.2, 0.25) is 0 Å². The number of nitrogens with zero attached hydrogens (tertiary/aromatic N) is 1. The molecule has 0 aromatic heterocycles. The molecule has 0 radical (unpaired) electrons. The fraction of sp³-hybridized carbons (Fsp3) is 0.385. The molecule has 1 unspecified atom stereocenters. The summed E-state index contributed by atoms with van der Waals surface area (Å²) < 4.78 is 0. The number of carboxylic acid groups (broad SMARTS) is 1. The molecule has 1 N–H and O–H groups in total. The van der Waals surface area contributed by atoms with Gasteiger partial charge in [-0.1, -0.05) is 25.0 Å². The number of benzene rings is 1. The van der Waals surface area contributed by atoms with E-state index in [4.69, 9.17) is 10.4 Å². The fourth-order valence-electron chi connectivity index (χ4n) is 1.81. The number of carbonyl (C=O) groups is 1. The summed E-state index contributed by atoms with van der Waals surface area (Å²) in [5, 5.41) is 17.8. The Morgan fingerprint density at radius 2 is 2.06 bits per heavy atom. The van der Waals surface area contributed by atoms with E-state index in [1.165, 1.54) is 12.8 Å². The molecule has 1 aliphatic rings. The van der Waals surface area contributed by atoms with E-state index in [-0.39, 0.29) is 11.5 Å². The number of rotatable bonds is 4. The second-order valence-corrected chi connectivity index (χ2v) is 4.29. The van der Waals surface area contributed by atoms with Gasteiger partial charge in [-0.15, -0.1) is 0 Å². The normalized spacial score (nSPS) is 16.4. The molecule has 16 heavy (non-hydrogen) atoms. The molecule has 0 amide bonds. The highest BCUT2D eigenvalue weighted by atomic mass is 16.4. The van der Waals surface area contributed by atoms with Gasteiger partial charge in [-0.2, -0.15) is 5.26 Å². The minimum atomic E-state index is -0.928. The molecule has 0 aliphatic heterocycles. The molecule has 2 rings (SSSR count). The lowest BCUT2D eigenvalue weighted by Gasteiger charge is -2.08. The Balaban J connectivity index is 2.12. The quantitative estimate of drug-likeness (QED) is 0.840. The Morgan fingerprint density at radius 3 is 2.50 bits per heavy atom.